The molecule has 0 amide bonds. The molecule has 15 heavy (non-hydrogen) atoms. The van der Waals surface area contributed by atoms with Crippen LogP contribution in [0.15, 0.2) is 24.8 Å². The lowest BCUT2D eigenvalue weighted by Gasteiger charge is -2.08. The van der Waals surface area contributed by atoms with Gasteiger partial charge in [-0.3, -0.25) is 0 Å². The molecule has 1 aliphatic rings. The fourth-order valence-corrected chi connectivity index (χ4v) is 1.39. The molecule has 0 aromatic heterocycles. The molecule has 4 nitrogen and oxygen atoms in total. The van der Waals surface area contributed by atoms with E-state index >= 15 is 0 Å². The number of aliphatic hydroxyl groups is 1. The maximum Gasteiger partial charge on any atom is 0.231 e. The second kappa shape index (κ2) is 4.23. The Morgan fingerprint density at radius 2 is 2.20 bits per heavy atom. The van der Waals surface area contributed by atoms with E-state index in [0.717, 1.165) is 22.8 Å². The highest BCUT2D eigenvalue weighted by molar-refractivity contribution is 5.65. The Balaban J connectivity index is 2.12. The van der Waals surface area contributed by atoms with Crippen molar-refractivity contribution < 1.29 is 14.6 Å². The van der Waals surface area contributed by atoms with Gasteiger partial charge in [0, 0.05) is 17.8 Å². The number of aliphatic hydroxyl groups excluding tert-OH is 1. The number of rotatable bonds is 4. The lowest BCUT2D eigenvalue weighted by atomic mass is 10.1. The van der Waals surface area contributed by atoms with Crippen molar-refractivity contribution in [2.45, 2.75) is 0 Å². The highest BCUT2D eigenvalue weighted by Gasteiger charge is 2.13. The lowest BCUT2D eigenvalue weighted by molar-refractivity contribution is 0.174. The van der Waals surface area contributed by atoms with Crippen LogP contribution in [-0.4, -0.2) is 25.1 Å². The minimum absolute atomic E-state index is 0.0869. The maximum absolute atomic E-state index is 8.67. The summed E-state index contributed by atoms with van der Waals surface area (Å²) in [6.45, 7) is 4.72. The molecule has 0 unspecified atom stereocenters. The average molecular weight is 207 g/mol. The molecule has 1 aromatic rings. The van der Waals surface area contributed by atoms with Gasteiger partial charge in [0.15, 0.2) is 11.5 Å². The first-order valence-corrected chi connectivity index (χ1v) is 4.75. The van der Waals surface area contributed by atoms with E-state index < -0.39 is 0 Å². The molecule has 0 spiro atoms. The van der Waals surface area contributed by atoms with Crippen LogP contribution in [0.5, 0.6) is 11.5 Å². The number of ether oxygens (including phenoxy) is 2. The number of hydrogen-bond acceptors (Lipinski definition) is 4. The standard InChI is InChI=1S/C11H13NO3/c1-8(12-4-5-13)9-2-3-10-11(6-9)15-7-14-10/h2-3,6,12-13H,1,4-5,7H2. The SMILES string of the molecule is C=C(NCCO)c1ccc2c(c1)OCO2. The van der Waals surface area contributed by atoms with Crippen molar-refractivity contribution in [1.29, 1.82) is 0 Å². The minimum atomic E-state index is 0.0869. The summed E-state index contributed by atoms with van der Waals surface area (Å²) in [6.07, 6.45) is 0. The summed E-state index contributed by atoms with van der Waals surface area (Å²) in [5.41, 5.74) is 1.70. The first-order valence-electron chi connectivity index (χ1n) is 4.75. The second-order valence-electron chi connectivity index (χ2n) is 3.20. The maximum atomic E-state index is 8.67. The molecular weight excluding hydrogens is 194 g/mol. The molecule has 1 heterocycles. The summed E-state index contributed by atoms with van der Waals surface area (Å²) < 4.78 is 10.5. The molecule has 0 fully saturated rings. The van der Waals surface area contributed by atoms with Crippen molar-refractivity contribution in [3.8, 4) is 11.5 Å². The summed E-state index contributed by atoms with van der Waals surface area (Å²) in [6, 6.07) is 5.62. The molecule has 4 heteroatoms. The van der Waals surface area contributed by atoms with Crippen LogP contribution in [0.4, 0.5) is 0 Å². The second-order valence-corrected chi connectivity index (χ2v) is 3.20. The molecule has 1 aliphatic heterocycles. The zero-order chi connectivity index (χ0) is 10.7. The van der Waals surface area contributed by atoms with E-state index in [1.165, 1.54) is 0 Å². The fourth-order valence-electron chi connectivity index (χ4n) is 1.39. The van der Waals surface area contributed by atoms with E-state index in [0.29, 0.717) is 6.54 Å². The predicted octanol–water partition coefficient (Wildman–Crippen LogP) is 0.968. The number of hydrogen-bond donors (Lipinski definition) is 2. The van der Waals surface area contributed by atoms with E-state index in [2.05, 4.69) is 11.9 Å². The van der Waals surface area contributed by atoms with Crippen molar-refractivity contribution in [2.75, 3.05) is 19.9 Å². The van der Waals surface area contributed by atoms with Crippen LogP contribution < -0.4 is 14.8 Å². The van der Waals surface area contributed by atoms with Crippen LogP contribution in [0.3, 0.4) is 0 Å². The van der Waals surface area contributed by atoms with Gasteiger partial charge in [-0.1, -0.05) is 6.58 Å². The van der Waals surface area contributed by atoms with Gasteiger partial charge in [0.05, 0.1) is 6.61 Å². The summed E-state index contributed by atoms with van der Waals surface area (Å²) in [4.78, 5) is 0. The zero-order valence-electron chi connectivity index (χ0n) is 8.32. The van der Waals surface area contributed by atoms with E-state index in [9.17, 15) is 0 Å². The van der Waals surface area contributed by atoms with Crippen LogP contribution in [0.25, 0.3) is 5.70 Å². The molecule has 0 saturated heterocycles. The first-order chi connectivity index (χ1) is 7.31. The largest absolute Gasteiger partial charge is 0.454 e. The third-order valence-electron chi connectivity index (χ3n) is 2.17. The smallest absolute Gasteiger partial charge is 0.231 e. The quantitative estimate of drug-likeness (QED) is 0.772. The van der Waals surface area contributed by atoms with Gasteiger partial charge in [-0.2, -0.15) is 0 Å². The number of benzene rings is 1. The third kappa shape index (κ3) is 2.05. The fraction of sp³-hybridized carbons (Fsp3) is 0.273. The summed E-state index contributed by atoms with van der Waals surface area (Å²) >= 11 is 0. The van der Waals surface area contributed by atoms with Crippen LogP contribution >= 0.6 is 0 Å². The monoisotopic (exact) mass is 207 g/mol. The van der Waals surface area contributed by atoms with Crippen LogP contribution in [-0.2, 0) is 0 Å². The summed E-state index contributed by atoms with van der Waals surface area (Å²) in [7, 11) is 0. The van der Waals surface area contributed by atoms with Gasteiger partial charge in [-0.15, -0.1) is 0 Å². The zero-order valence-corrected chi connectivity index (χ0v) is 8.32. The minimum Gasteiger partial charge on any atom is -0.454 e. The molecule has 0 saturated carbocycles. The van der Waals surface area contributed by atoms with Gasteiger partial charge in [-0.25, -0.2) is 0 Å². The van der Waals surface area contributed by atoms with E-state index in [4.69, 9.17) is 14.6 Å². The van der Waals surface area contributed by atoms with Crippen LogP contribution in [0.1, 0.15) is 5.56 Å². The topological polar surface area (TPSA) is 50.7 Å². The number of nitrogens with one attached hydrogen (secondary N) is 1. The Bertz CT molecular complexity index is 376. The molecular formula is C11H13NO3. The molecule has 0 atom stereocenters. The summed E-state index contributed by atoms with van der Waals surface area (Å²) in [5, 5.41) is 11.7. The predicted molar refractivity (Wildman–Crippen MR) is 56.7 cm³/mol. The van der Waals surface area contributed by atoms with E-state index in [-0.39, 0.29) is 13.4 Å². The average Bonchev–Trinajstić information content (AvgIpc) is 2.72. The molecule has 1 aromatic carbocycles. The van der Waals surface area contributed by atoms with E-state index in [1.807, 2.05) is 18.2 Å². The van der Waals surface area contributed by atoms with Gasteiger partial charge in [0.1, 0.15) is 0 Å². The van der Waals surface area contributed by atoms with E-state index in [1.54, 1.807) is 0 Å². The van der Waals surface area contributed by atoms with Gasteiger partial charge >= 0.3 is 0 Å². The highest BCUT2D eigenvalue weighted by atomic mass is 16.7. The van der Waals surface area contributed by atoms with Crippen LogP contribution in [0.2, 0.25) is 0 Å². The Hall–Kier alpha value is -1.68. The van der Waals surface area contributed by atoms with Gasteiger partial charge in [0.25, 0.3) is 0 Å². The van der Waals surface area contributed by atoms with Gasteiger partial charge < -0.3 is 19.9 Å². The van der Waals surface area contributed by atoms with Crippen molar-refractivity contribution in [3.05, 3.63) is 30.3 Å². The highest BCUT2D eigenvalue weighted by Crippen LogP contribution is 2.33. The Labute approximate surface area is 88.1 Å². The molecule has 2 N–H and O–H groups in total. The lowest BCUT2D eigenvalue weighted by Crippen LogP contribution is -2.15. The molecule has 2 rings (SSSR count). The van der Waals surface area contributed by atoms with Crippen molar-refractivity contribution in [2.24, 2.45) is 0 Å². The third-order valence-corrected chi connectivity index (χ3v) is 2.17. The molecule has 0 aliphatic carbocycles. The van der Waals surface area contributed by atoms with Crippen molar-refractivity contribution >= 4 is 5.70 Å². The first kappa shape index (κ1) is 9.86. The van der Waals surface area contributed by atoms with Crippen molar-refractivity contribution in [1.82, 2.24) is 5.32 Å². The Kier molecular flexibility index (Phi) is 2.78. The van der Waals surface area contributed by atoms with Crippen LogP contribution in [0, 0.1) is 0 Å². The van der Waals surface area contributed by atoms with Gasteiger partial charge in [-0.05, 0) is 18.2 Å². The summed E-state index contributed by atoms with van der Waals surface area (Å²) in [5.74, 6) is 1.49. The number of fused-ring (bicyclic) bond motifs is 1. The Morgan fingerprint density at radius 1 is 1.40 bits per heavy atom. The molecule has 80 valence electrons. The normalized spacial score (nSPS) is 12.6. The molecule has 0 radical (unpaired) electrons. The molecule has 0 bridgehead atoms. The van der Waals surface area contributed by atoms with Gasteiger partial charge in [0.2, 0.25) is 6.79 Å². The van der Waals surface area contributed by atoms with Crippen molar-refractivity contribution in [3.63, 3.8) is 0 Å². The Morgan fingerprint density at radius 3 is 3.00 bits per heavy atom.